The molecule has 0 spiro atoms. The van der Waals surface area contributed by atoms with Gasteiger partial charge in [-0.1, -0.05) is 11.6 Å². The van der Waals surface area contributed by atoms with Crippen LogP contribution in [0.15, 0.2) is 47.6 Å². The highest BCUT2D eigenvalue weighted by atomic mass is 35.5. The van der Waals surface area contributed by atoms with Crippen LogP contribution < -0.4 is 10.6 Å². The zero-order valence-electron chi connectivity index (χ0n) is 20.1. The van der Waals surface area contributed by atoms with Gasteiger partial charge in [0.25, 0.3) is 5.91 Å². The molecule has 0 radical (unpaired) electrons. The van der Waals surface area contributed by atoms with Crippen LogP contribution in [0.4, 0.5) is 17.6 Å². The highest BCUT2D eigenvalue weighted by molar-refractivity contribution is 6.31. The van der Waals surface area contributed by atoms with E-state index < -0.39 is 29.5 Å². The summed E-state index contributed by atoms with van der Waals surface area (Å²) in [6, 6.07) is 6.40. The van der Waals surface area contributed by atoms with E-state index >= 15 is 0 Å². The second-order valence-corrected chi connectivity index (χ2v) is 9.18. The van der Waals surface area contributed by atoms with Crippen LogP contribution in [0.3, 0.4) is 0 Å². The summed E-state index contributed by atoms with van der Waals surface area (Å²) in [6.07, 6.45) is -1.55. The van der Waals surface area contributed by atoms with Crippen molar-refractivity contribution < 1.29 is 22.4 Å². The summed E-state index contributed by atoms with van der Waals surface area (Å²) in [4.78, 5) is 26.0. The molecule has 1 unspecified atom stereocenters. The summed E-state index contributed by atoms with van der Waals surface area (Å²) in [6.45, 7) is 4.44. The van der Waals surface area contributed by atoms with Gasteiger partial charge in [-0.25, -0.2) is 9.37 Å². The molecule has 1 atom stereocenters. The van der Waals surface area contributed by atoms with Crippen molar-refractivity contribution in [2.75, 3.05) is 6.54 Å². The first kappa shape index (κ1) is 26.5. The van der Waals surface area contributed by atoms with Gasteiger partial charge in [-0.15, -0.1) is 0 Å². The van der Waals surface area contributed by atoms with Crippen molar-refractivity contribution in [2.24, 2.45) is 4.99 Å². The minimum absolute atomic E-state index is 0.0924. The lowest BCUT2D eigenvalue weighted by Gasteiger charge is -2.17. The molecular weight excluding hydrogens is 510 g/mol. The number of alkyl halides is 3. The minimum atomic E-state index is -4.82. The van der Waals surface area contributed by atoms with E-state index in [1.54, 1.807) is 26.1 Å². The maximum atomic E-state index is 13.7. The molecule has 1 aromatic carbocycles. The molecule has 1 amide bonds. The summed E-state index contributed by atoms with van der Waals surface area (Å²) in [5, 5.41) is 6.42. The Morgan fingerprint density at radius 2 is 1.97 bits per heavy atom. The van der Waals surface area contributed by atoms with Gasteiger partial charge in [0.2, 0.25) is 0 Å². The molecule has 0 saturated heterocycles. The Hall–Kier alpha value is -3.53. The molecule has 2 N–H and O–H groups in total. The molecule has 2 aromatic heterocycles. The number of amidine groups is 1. The van der Waals surface area contributed by atoms with Crippen LogP contribution in [0.5, 0.6) is 0 Å². The number of rotatable bonds is 6. The van der Waals surface area contributed by atoms with Crippen LogP contribution >= 0.6 is 11.6 Å². The number of hydrogen-bond acceptors (Lipinski definition) is 5. The molecule has 0 fully saturated rings. The number of carbonyl (C=O) groups is 1. The average molecular weight is 534 g/mol. The molecule has 1 aliphatic heterocycles. The van der Waals surface area contributed by atoms with Gasteiger partial charge < -0.3 is 10.6 Å². The Morgan fingerprint density at radius 3 is 2.65 bits per heavy atom. The second-order valence-electron chi connectivity index (χ2n) is 8.77. The van der Waals surface area contributed by atoms with Crippen molar-refractivity contribution >= 4 is 23.3 Å². The lowest BCUT2D eigenvalue weighted by Crippen LogP contribution is -2.28. The summed E-state index contributed by atoms with van der Waals surface area (Å²) < 4.78 is 54.9. The van der Waals surface area contributed by atoms with Crippen LogP contribution in [-0.2, 0) is 12.7 Å². The topological polar surface area (TPSA) is 79.3 Å². The first-order valence-electron chi connectivity index (χ1n) is 11.6. The minimum Gasteiger partial charge on any atom is -0.370 e. The Kier molecular flexibility index (Phi) is 7.77. The second kappa shape index (κ2) is 10.8. The van der Waals surface area contributed by atoms with E-state index in [1.807, 2.05) is 0 Å². The lowest BCUT2D eigenvalue weighted by atomic mass is 10.0. The zero-order chi connectivity index (χ0) is 26.7. The van der Waals surface area contributed by atoms with Gasteiger partial charge in [-0.05, 0) is 67.8 Å². The number of aliphatic imine (C=N–C) groups is 1. The molecule has 1 aliphatic rings. The molecular formula is C26H24ClF4N5O. The van der Waals surface area contributed by atoms with Crippen LogP contribution in [-0.4, -0.2) is 28.3 Å². The number of amides is 1. The van der Waals surface area contributed by atoms with Gasteiger partial charge >= 0.3 is 6.18 Å². The van der Waals surface area contributed by atoms with Crippen LogP contribution in [0.1, 0.15) is 58.7 Å². The highest BCUT2D eigenvalue weighted by Crippen LogP contribution is 2.37. The summed E-state index contributed by atoms with van der Waals surface area (Å²) in [5.41, 5.74) is 0.110. The summed E-state index contributed by atoms with van der Waals surface area (Å²) in [5.74, 6) is -0.842. The van der Waals surface area contributed by atoms with Gasteiger partial charge in [0.15, 0.2) is 0 Å². The van der Waals surface area contributed by atoms with Gasteiger partial charge in [-0.2, -0.15) is 13.2 Å². The number of aromatic nitrogens is 2. The Morgan fingerprint density at radius 1 is 1.19 bits per heavy atom. The third kappa shape index (κ3) is 6.43. The van der Waals surface area contributed by atoms with Gasteiger partial charge in [0.1, 0.15) is 11.5 Å². The van der Waals surface area contributed by atoms with Gasteiger partial charge in [-0.3, -0.25) is 14.8 Å². The van der Waals surface area contributed by atoms with E-state index in [9.17, 15) is 22.4 Å². The molecule has 4 rings (SSSR count). The number of benzene rings is 1. The fraction of sp³-hybridized carbons (Fsp3) is 0.308. The van der Waals surface area contributed by atoms with E-state index in [2.05, 4.69) is 25.6 Å². The first-order valence-corrected chi connectivity index (χ1v) is 12.0. The predicted octanol–water partition coefficient (Wildman–Crippen LogP) is 6.04. The molecule has 3 heterocycles. The Balaban J connectivity index is 1.70. The Labute approximate surface area is 216 Å². The van der Waals surface area contributed by atoms with Crippen molar-refractivity contribution in [3.8, 4) is 11.3 Å². The van der Waals surface area contributed by atoms with E-state index in [-0.39, 0.29) is 23.5 Å². The van der Waals surface area contributed by atoms with Crippen molar-refractivity contribution in [3.63, 3.8) is 0 Å². The highest BCUT2D eigenvalue weighted by Gasteiger charge is 2.35. The molecule has 0 saturated carbocycles. The summed E-state index contributed by atoms with van der Waals surface area (Å²) in [7, 11) is 0. The maximum absolute atomic E-state index is 13.7. The monoisotopic (exact) mass is 533 g/mol. The quantitative estimate of drug-likeness (QED) is 0.379. The number of nitrogens with zero attached hydrogens (tertiary/aromatic N) is 3. The zero-order valence-corrected chi connectivity index (χ0v) is 20.8. The van der Waals surface area contributed by atoms with E-state index in [4.69, 9.17) is 11.6 Å². The number of hydrogen-bond donors (Lipinski definition) is 2. The fourth-order valence-corrected chi connectivity index (χ4v) is 4.06. The van der Waals surface area contributed by atoms with Crippen LogP contribution in [0, 0.1) is 12.7 Å². The standard InChI is InChI=1S/C26H24ClF4N5O/c1-14-12-33-21(11-20(14)27)15(2)35-25(37)23-9-16(13-34-24-4-3-7-32-24)8-22(36-23)18-6-5-17(28)10-19(18)26(29,30)31/h5-6,8-12,15H,3-4,7,13H2,1-2H3,(H,32,34)(H,35,37). The first-order chi connectivity index (χ1) is 17.5. The number of aryl methyl sites for hydroxylation is 1. The fourth-order valence-electron chi connectivity index (χ4n) is 3.90. The molecule has 194 valence electrons. The van der Waals surface area contributed by atoms with Gasteiger partial charge in [0, 0.05) is 36.3 Å². The number of halogens is 5. The van der Waals surface area contributed by atoms with Crippen molar-refractivity contribution in [1.82, 2.24) is 20.6 Å². The number of nitrogens with one attached hydrogen (secondary N) is 2. The smallest absolute Gasteiger partial charge is 0.370 e. The van der Waals surface area contributed by atoms with Crippen LogP contribution in [0.2, 0.25) is 5.02 Å². The van der Waals surface area contributed by atoms with E-state index in [0.717, 1.165) is 36.4 Å². The van der Waals surface area contributed by atoms with E-state index in [0.29, 0.717) is 28.9 Å². The largest absolute Gasteiger partial charge is 0.417 e. The van der Waals surface area contributed by atoms with Crippen LogP contribution in [0.25, 0.3) is 11.3 Å². The van der Waals surface area contributed by atoms with Crippen molar-refractivity contribution in [2.45, 2.75) is 45.5 Å². The third-order valence-electron chi connectivity index (χ3n) is 5.90. The third-order valence-corrected chi connectivity index (χ3v) is 6.31. The predicted molar refractivity (Wildman–Crippen MR) is 133 cm³/mol. The normalized spacial score (nSPS) is 14.3. The molecule has 11 heteroatoms. The molecule has 0 aliphatic carbocycles. The lowest BCUT2D eigenvalue weighted by molar-refractivity contribution is -0.137. The number of pyridine rings is 2. The van der Waals surface area contributed by atoms with Crippen molar-refractivity contribution in [1.29, 1.82) is 0 Å². The average Bonchev–Trinajstić information content (AvgIpc) is 3.37. The Bertz CT molecular complexity index is 1360. The van der Waals surface area contributed by atoms with Crippen molar-refractivity contribution in [3.05, 3.63) is 81.5 Å². The van der Waals surface area contributed by atoms with Gasteiger partial charge in [0.05, 0.1) is 28.8 Å². The SMILES string of the molecule is Cc1cnc(C(C)NC(=O)c2cc(CNC3=NCCC3)cc(-c3ccc(F)cc3C(F)(F)F)n2)cc1Cl. The molecule has 3 aromatic rings. The molecule has 0 bridgehead atoms. The maximum Gasteiger partial charge on any atom is 0.417 e. The molecule has 6 nitrogen and oxygen atoms in total. The number of carbonyl (C=O) groups excluding carboxylic acids is 1. The van der Waals surface area contributed by atoms with E-state index in [1.165, 1.54) is 12.1 Å². The molecule has 37 heavy (non-hydrogen) atoms. The summed E-state index contributed by atoms with van der Waals surface area (Å²) >= 11 is 6.17.